The number of amides is 2. The highest BCUT2D eigenvalue weighted by Crippen LogP contribution is 2.25. The molecule has 0 bridgehead atoms. The van der Waals surface area contributed by atoms with Crippen molar-refractivity contribution in [1.29, 1.82) is 0 Å². The van der Waals surface area contributed by atoms with Gasteiger partial charge in [-0.1, -0.05) is 19.3 Å². The van der Waals surface area contributed by atoms with Gasteiger partial charge in [-0.2, -0.15) is 5.10 Å². The fourth-order valence-corrected chi connectivity index (χ4v) is 3.49. The fourth-order valence-electron chi connectivity index (χ4n) is 3.49. The van der Waals surface area contributed by atoms with Gasteiger partial charge in [0.1, 0.15) is 0 Å². The van der Waals surface area contributed by atoms with Gasteiger partial charge in [-0.05, 0) is 44.0 Å². The summed E-state index contributed by atoms with van der Waals surface area (Å²) in [5.41, 5.74) is 2.37. The van der Waals surface area contributed by atoms with Crippen LogP contribution in [0.25, 0.3) is 0 Å². The van der Waals surface area contributed by atoms with Crippen molar-refractivity contribution in [2.75, 3.05) is 5.32 Å². The Morgan fingerprint density at radius 2 is 1.88 bits per heavy atom. The quantitative estimate of drug-likeness (QED) is 0.826. The first-order valence-corrected chi connectivity index (χ1v) is 9.19. The summed E-state index contributed by atoms with van der Waals surface area (Å²) in [4.78, 5) is 26.3. The molecule has 3 rings (SSSR count). The van der Waals surface area contributed by atoms with Crippen molar-refractivity contribution in [2.45, 2.75) is 51.6 Å². The second-order valence-corrected chi connectivity index (χ2v) is 7.01. The smallest absolute Gasteiger partial charge is 0.317 e. The van der Waals surface area contributed by atoms with Crippen LogP contribution >= 0.6 is 0 Å². The maximum absolute atomic E-state index is 13.0. The van der Waals surface area contributed by atoms with E-state index in [1.807, 2.05) is 24.3 Å². The van der Waals surface area contributed by atoms with Crippen molar-refractivity contribution in [3.8, 4) is 0 Å². The molecule has 1 N–H and O–H groups in total. The molecule has 2 amide bonds. The monoisotopic (exact) mass is 354 g/mol. The lowest BCUT2D eigenvalue weighted by atomic mass is 9.94. The minimum Gasteiger partial charge on any atom is -0.317 e. The molecule has 1 aromatic heterocycles. The first-order chi connectivity index (χ1) is 12.5. The van der Waals surface area contributed by atoms with Crippen LogP contribution in [0.1, 0.15) is 54.9 Å². The number of carbonyl (C=O) groups is 2. The van der Waals surface area contributed by atoms with Crippen LogP contribution in [0.15, 0.2) is 36.7 Å². The van der Waals surface area contributed by atoms with E-state index in [1.165, 1.54) is 13.3 Å². The Hall–Kier alpha value is -2.63. The molecule has 0 aliphatic heterocycles. The average molecular weight is 354 g/mol. The maximum Gasteiger partial charge on any atom is 0.322 e. The van der Waals surface area contributed by atoms with Gasteiger partial charge >= 0.3 is 6.03 Å². The van der Waals surface area contributed by atoms with Crippen LogP contribution in [0, 0.1) is 0 Å². The molecule has 2 aromatic rings. The summed E-state index contributed by atoms with van der Waals surface area (Å²) in [5, 5.41) is 7.19. The van der Waals surface area contributed by atoms with Crippen molar-refractivity contribution in [1.82, 2.24) is 14.7 Å². The molecule has 0 atom stereocenters. The Bertz CT molecular complexity index is 760. The molecule has 6 heteroatoms. The maximum atomic E-state index is 13.0. The van der Waals surface area contributed by atoms with Gasteiger partial charge in [-0.3, -0.25) is 9.48 Å². The average Bonchev–Trinajstić information content (AvgIpc) is 3.06. The van der Waals surface area contributed by atoms with Crippen molar-refractivity contribution >= 4 is 17.5 Å². The van der Waals surface area contributed by atoms with E-state index < -0.39 is 0 Å². The third kappa shape index (κ3) is 4.50. The SMILES string of the molecule is CC(=O)c1ccc(NC(=O)N(Cc2cnn(C)c2)C2CCCCC2)cc1. The van der Waals surface area contributed by atoms with E-state index in [2.05, 4.69) is 10.4 Å². The Morgan fingerprint density at radius 3 is 2.46 bits per heavy atom. The summed E-state index contributed by atoms with van der Waals surface area (Å²) < 4.78 is 1.76. The summed E-state index contributed by atoms with van der Waals surface area (Å²) in [7, 11) is 1.88. The molecule has 1 heterocycles. The second kappa shape index (κ2) is 8.17. The van der Waals surface area contributed by atoms with Crippen molar-refractivity contribution in [2.24, 2.45) is 7.05 Å². The number of Topliss-reactive ketones (excluding diaryl/α,β-unsaturated/α-hetero) is 1. The van der Waals surface area contributed by atoms with Crippen LogP contribution in [-0.4, -0.2) is 32.5 Å². The van der Waals surface area contributed by atoms with E-state index in [0.29, 0.717) is 17.8 Å². The van der Waals surface area contributed by atoms with E-state index in [-0.39, 0.29) is 17.9 Å². The zero-order valence-electron chi connectivity index (χ0n) is 15.4. The summed E-state index contributed by atoms with van der Waals surface area (Å²) in [6.07, 6.45) is 9.40. The standard InChI is InChI=1S/C20H26N4O2/c1-15(25)17-8-10-18(11-9-17)22-20(26)24(19-6-4-3-5-7-19)14-16-12-21-23(2)13-16/h8-13,19H,3-7,14H2,1-2H3,(H,22,26). The molecular weight excluding hydrogens is 328 g/mol. The van der Waals surface area contributed by atoms with Crippen molar-refractivity contribution < 1.29 is 9.59 Å². The summed E-state index contributed by atoms with van der Waals surface area (Å²) in [5.74, 6) is 0.0169. The Labute approximate surface area is 154 Å². The Balaban J connectivity index is 1.73. The van der Waals surface area contributed by atoms with Gasteiger partial charge < -0.3 is 10.2 Å². The molecule has 1 aromatic carbocycles. The molecular formula is C20H26N4O2. The number of nitrogens with one attached hydrogen (secondary N) is 1. The molecule has 0 unspecified atom stereocenters. The fraction of sp³-hybridized carbons (Fsp3) is 0.450. The van der Waals surface area contributed by atoms with E-state index >= 15 is 0 Å². The molecule has 1 aliphatic rings. The predicted molar refractivity (Wildman–Crippen MR) is 101 cm³/mol. The predicted octanol–water partition coefficient (Wildman–Crippen LogP) is 3.99. The minimum atomic E-state index is -0.101. The Kier molecular flexibility index (Phi) is 5.71. The molecule has 26 heavy (non-hydrogen) atoms. The van der Waals surface area contributed by atoms with Crippen LogP contribution in [0.3, 0.4) is 0 Å². The zero-order valence-corrected chi connectivity index (χ0v) is 15.4. The lowest BCUT2D eigenvalue weighted by Crippen LogP contribution is -2.43. The highest BCUT2D eigenvalue weighted by molar-refractivity contribution is 5.95. The third-order valence-electron chi connectivity index (χ3n) is 4.93. The molecule has 0 radical (unpaired) electrons. The van der Waals surface area contributed by atoms with Gasteiger partial charge in [0.15, 0.2) is 5.78 Å². The number of ketones is 1. The van der Waals surface area contributed by atoms with Gasteiger partial charge in [0.25, 0.3) is 0 Å². The zero-order chi connectivity index (χ0) is 18.5. The van der Waals surface area contributed by atoms with Gasteiger partial charge in [-0.15, -0.1) is 0 Å². The molecule has 0 spiro atoms. The van der Waals surface area contributed by atoms with Gasteiger partial charge in [-0.25, -0.2) is 4.79 Å². The molecule has 138 valence electrons. The van der Waals surface area contributed by atoms with Crippen molar-refractivity contribution in [3.63, 3.8) is 0 Å². The van der Waals surface area contributed by atoms with Crippen LogP contribution < -0.4 is 5.32 Å². The van der Waals surface area contributed by atoms with E-state index in [1.54, 1.807) is 28.9 Å². The number of nitrogens with zero attached hydrogens (tertiary/aromatic N) is 3. The van der Waals surface area contributed by atoms with Crippen LogP contribution in [-0.2, 0) is 13.6 Å². The minimum absolute atomic E-state index is 0.0169. The highest BCUT2D eigenvalue weighted by Gasteiger charge is 2.26. The number of anilines is 1. The number of urea groups is 1. The lowest BCUT2D eigenvalue weighted by molar-refractivity contribution is 0.101. The van der Waals surface area contributed by atoms with Crippen molar-refractivity contribution in [3.05, 3.63) is 47.8 Å². The number of aromatic nitrogens is 2. The molecule has 6 nitrogen and oxygen atoms in total. The molecule has 1 aliphatic carbocycles. The second-order valence-electron chi connectivity index (χ2n) is 7.01. The van der Waals surface area contributed by atoms with Crippen LogP contribution in [0.2, 0.25) is 0 Å². The summed E-state index contributed by atoms with van der Waals surface area (Å²) in [6, 6.07) is 7.18. The largest absolute Gasteiger partial charge is 0.322 e. The first-order valence-electron chi connectivity index (χ1n) is 9.19. The number of aryl methyl sites for hydroxylation is 1. The Morgan fingerprint density at radius 1 is 1.19 bits per heavy atom. The van der Waals surface area contributed by atoms with Gasteiger partial charge in [0.05, 0.1) is 12.7 Å². The van der Waals surface area contributed by atoms with Crippen LogP contribution in [0.5, 0.6) is 0 Å². The number of benzene rings is 1. The molecule has 0 saturated heterocycles. The first kappa shape index (κ1) is 18.2. The van der Waals surface area contributed by atoms with E-state index in [9.17, 15) is 9.59 Å². The van der Waals surface area contributed by atoms with Gasteiger partial charge in [0, 0.05) is 36.1 Å². The number of rotatable bonds is 5. The normalized spacial score (nSPS) is 14.8. The van der Waals surface area contributed by atoms with E-state index in [0.717, 1.165) is 31.2 Å². The number of hydrogen-bond donors (Lipinski definition) is 1. The number of carbonyl (C=O) groups excluding carboxylic acids is 2. The van der Waals surface area contributed by atoms with Crippen LogP contribution in [0.4, 0.5) is 10.5 Å². The molecule has 1 fully saturated rings. The highest BCUT2D eigenvalue weighted by atomic mass is 16.2. The van der Waals surface area contributed by atoms with Gasteiger partial charge in [0.2, 0.25) is 0 Å². The summed E-state index contributed by atoms with van der Waals surface area (Å²) in [6.45, 7) is 2.09. The summed E-state index contributed by atoms with van der Waals surface area (Å²) >= 11 is 0. The van der Waals surface area contributed by atoms with E-state index in [4.69, 9.17) is 0 Å². The topological polar surface area (TPSA) is 67.2 Å². The third-order valence-corrected chi connectivity index (χ3v) is 4.93. The molecule has 1 saturated carbocycles. The number of hydrogen-bond acceptors (Lipinski definition) is 3. The lowest BCUT2D eigenvalue weighted by Gasteiger charge is -2.34.